The van der Waals surface area contributed by atoms with Gasteiger partial charge in [0.25, 0.3) is 5.91 Å². The Bertz CT molecular complexity index is 1150. The predicted octanol–water partition coefficient (Wildman–Crippen LogP) is 4.62. The van der Waals surface area contributed by atoms with Crippen molar-refractivity contribution in [1.29, 1.82) is 0 Å². The van der Waals surface area contributed by atoms with E-state index in [1.165, 1.54) is 12.1 Å². The van der Waals surface area contributed by atoms with Gasteiger partial charge >= 0.3 is 0 Å². The molecule has 0 unspecified atom stereocenters. The van der Waals surface area contributed by atoms with Crippen molar-refractivity contribution in [3.63, 3.8) is 0 Å². The Labute approximate surface area is 173 Å². The summed E-state index contributed by atoms with van der Waals surface area (Å²) in [6, 6.07) is 22.9. The first-order valence-corrected chi connectivity index (χ1v) is 9.46. The third-order valence-electron chi connectivity index (χ3n) is 4.79. The topological polar surface area (TPSA) is 56.1 Å². The molecule has 5 nitrogen and oxygen atoms in total. The van der Waals surface area contributed by atoms with Crippen molar-refractivity contribution < 1.29 is 13.9 Å². The Morgan fingerprint density at radius 3 is 2.47 bits per heavy atom. The van der Waals surface area contributed by atoms with Crippen LogP contribution in [-0.2, 0) is 6.54 Å². The van der Waals surface area contributed by atoms with Crippen LogP contribution in [0.4, 0.5) is 4.39 Å². The van der Waals surface area contributed by atoms with Gasteiger partial charge < -0.3 is 10.1 Å². The molecule has 6 heteroatoms. The molecule has 4 aromatic rings. The van der Waals surface area contributed by atoms with Crippen LogP contribution < -0.4 is 10.1 Å². The smallest absolute Gasteiger partial charge is 0.251 e. The zero-order valence-electron chi connectivity index (χ0n) is 16.4. The predicted molar refractivity (Wildman–Crippen MR) is 113 cm³/mol. The summed E-state index contributed by atoms with van der Waals surface area (Å²) in [7, 11) is 1.61. The molecule has 1 amide bonds. The van der Waals surface area contributed by atoms with Gasteiger partial charge in [0.05, 0.1) is 24.7 Å². The summed E-state index contributed by atoms with van der Waals surface area (Å²) in [6.07, 6.45) is 1.69. The number of aromatic nitrogens is 2. The van der Waals surface area contributed by atoms with Crippen molar-refractivity contribution in [1.82, 2.24) is 15.1 Å². The van der Waals surface area contributed by atoms with E-state index in [0.717, 1.165) is 28.3 Å². The number of nitrogens with one attached hydrogen (secondary N) is 1. The van der Waals surface area contributed by atoms with Gasteiger partial charge in [-0.3, -0.25) is 4.79 Å². The lowest BCUT2D eigenvalue weighted by Gasteiger charge is -2.11. The zero-order valence-corrected chi connectivity index (χ0v) is 16.4. The van der Waals surface area contributed by atoms with Crippen molar-refractivity contribution >= 4 is 5.91 Å². The van der Waals surface area contributed by atoms with Crippen LogP contribution in [-0.4, -0.2) is 22.8 Å². The summed E-state index contributed by atoms with van der Waals surface area (Å²) >= 11 is 0. The van der Waals surface area contributed by atoms with Gasteiger partial charge in [0, 0.05) is 23.2 Å². The molecular formula is C24H20FN3O2. The summed E-state index contributed by atoms with van der Waals surface area (Å²) < 4.78 is 20.3. The van der Waals surface area contributed by atoms with Crippen LogP contribution in [0.15, 0.2) is 85.1 Å². The largest absolute Gasteiger partial charge is 0.496 e. The minimum Gasteiger partial charge on any atom is -0.496 e. The molecule has 150 valence electrons. The highest BCUT2D eigenvalue weighted by molar-refractivity contribution is 5.94. The number of para-hydroxylation sites is 1. The monoisotopic (exact) mass is 401 g/mol. The van der Waals surface area contributed by atoms with E-state index in [0.29, 0.717) is 12.1 Å². The fourth-order valence-corrected chi connectivity index (χ4v) is 3.23. The van der Waals surface area contributed by atoms with E-state index in [9.17, 15) is 9.18 Å². The molecule has 4 rings (SSSR count). The minimum atomic E-state index is -0.284. The molecule has 3 aromatic carbocycles. The SMILES string of the molecule is COc1ccccc1CNC(=O)c1ccc(-n2nccc2-c2ccc(F)cc2)cc1. The maximum Gasteiger partial charge on any atom is 0.251 e. The highest BCUT2D eigenvalue weighted by Gasteiger charge is 2.11. The second-order valence-electron chi connectivity index (χ2n) is 6.68. The molecule has 1 N–H and O–H groups in total. The molecule has 0 saturated heterocycles. The molecule has 1 heterocycles. The lowest BCUT2D eigenvalue weighted by Crippen LogP contribution is -2.23. The lowest BCUT2D eigenvalue weighted by atomic mass is 10.1. The van der Waals surface area contributed by atoms with Crippen molar-refractivity contribution in [3.8, 4) is 22.7 Å². The first-order valence-electron chi connectivity index (χ1n) is 9.46. The Morgan fingerprint density at radius 1 is 1.00 bits per heavy atom. The molecule has 30 heavy (non-hydrogen) atoms. The Morgan fingerprint density at radius 2 is 1.73 bits per heavy atom. The second kappa shape index (κ2) is 8.61. The van der Waals surface area contributed by atoms with Crippen LogP contribution in [0.2, 0.25) is 0 Å². The van der Waals surface area contributed by atoms with Crippen LogP contribution in [0.1, 0.15) is 15.9 Å². The number of amides is 1. The van der Waals surface area contributed by atoms with Crippen molar-refractivity contribution in [2.75, 3.05) is 7.11 Å². The Hall–Kier alpha value is -3.93. The van der Waals surface area contributed by atoms with Gasteiger partial charge in [-0.1, -0.05) is 18.2 Å². The number of nitrogens with zero attached hydrogens (tertiary/aromatic N) is 2. The van der Waals surface area contributed by atoms with Gasteiger partial charge in [-0.05, 0) is 60.7 Å². The molecule has 0 fully saturated rings. The highest BCUT2D eigenvalue weighted by atomic mass is 19.1. The molecule has 0 aliphatic heterocycles. The van der Waals surface area contributed by atoms with Gasteiger partial charge in [-0.2, -0.15) is 5.10 Å². The Kier molecular flexibility index (Phi) is 5.57. The molecule has 0 saturated carbocycles. The number of carbonyl (C=O) groups excluding carboxylic acids is 1. The molecule has 0 atom stereocenters. The molecule has 0 radical (unpaired) electrons. The summed E-state index contributed by atoms with van der Waals surface area (Å²) in [4.78, 5) is 12.5. The third kappa shape index (κ3) is 4.07. The molecule has 0 aliphatic carbocycles. The van der Waals surface area contributed by atoms with E-state index < -0.39 is 0 Å². The average Bonchev–Trinajstić information content (AvgIpc) is 3.28. The summed E-state index contributed by atoms with van der Waals surface area (Å²) in [6.45, 7) is 0.373. The normalized spacial score (nSPS) is 10.6. The van der Waals surface area contributed by atoms with Crippen molar-refractivity contribution in [2.45, 2.75) is 6.54 Å². The third-order valence-corrected chi connectivity index (χ3v) is 4.79. The molecule has 0 spiro atoms. The van der Waals surface area contributed by atoms with Crippen molar-refractivity contribution in [2.24, 2.45) is 0 Å². The van der Waals surface area contributed by atoms with Crippen LogP contribution in [0, 0.1) is 5.82 Å². The fraction of sp³-hybridized carbons (Fsp3) is 0.0833. The maximum atomic E-state index is 13.2. The van der Waals surface area contributed by atoms with E-state index in [1.54, 1.807) is 42.3 Å². The number of hydrogen-bond acceptors (Lipinski definition) is 3. The number of benzene rings is 3. The molecule has 0 bridgehead atoms. The van der Waals surface area contributed by atoms with Gasteiger partial charge in [0.1, 0.15) is 11.6 Å². The summed E-state index contributed by atoms with van der Waals surface area (Å²) in [5.41, 5.74) is 3.95. The van der Waals surface area contributed by atoms with Gasteiger partial charge in [-0.25, -0.2) is 9.07 Å². The van der Waals surface area contributed by atoms with E-state index in [4.69, 9.17) is 4.74 Å². The number of halogens is 1. The van der Waals surface area contributed by atoms with Crippen LogP contribution >= 0.6 is 0 Å². The fourth-order valence-electron chi connectivity index (χ4n) is 3.23. The number of hydrogen-bond donors (Lipinski definition) is 1. The number of ether oxygens (including phenoxy) is 1. The molecule has 0 aliphatic rings. The first kappa shape index (κ1) is 19.4. The zero-order chi connectivity index (χ0) is 20.9. The van der Waals surface area contributed by atoms with Crippen molar-refractivity contribution in [3.05, 3.63) is 102 Å². The lowest BCUT2D eigenvalue weighted by molar-refractivity contribution is 0.0950. The van der Waals surface area contributed by atoms with Gasteiger partial charge in [-0.15, -0.1) is 0 Å². The molecule has 1 aromatic heterocycles. The quantitative estimate of drug-likeness (QED) is 0.513. The summed E-state index contributed by atoms with van der Waals surface area (Å²) in [5.74, 6) is 0.278. The van der Waals surface area contributed by atoms with Gasteiger partial charge in [0.2, 0.25) is 0 Å². The van der Waals surface area contributed by atoms with E-state index in [2.05, 4.69) is 10.4 Å². The Balaban J connectivity index is 1.49. The van der Waals surface area contributed by atoms with E-state index in [-0.39, 0.29) is 11.7 Å². The number of methoxy groups -OCH3 is 1. The van der Waals surface area contributed by atoms with E-state index >= 15 is 0 Å². The standard InChI is InChI=1S/C24H20FN3O2/c1-30-23-5-3-2-4-19(23)16-26-24(29)18-8-12-21(13-9-18)28-22(14-15-27-28)17-6-10-20(25)11-7-17/h2-15H,16H2,1H3,(H,26,29). The number of carbonyl (C=O) groups is 1. The molecular weight excluding hydrogens is 381 g/mol. The first-order chi connectivity index (χ1) is 14.7. The summed E-state index contributed by atoms with van der Waals surface area (Å²) in [5, 5.41) is 7.27. The van der Waals surface area contributed by atoms with Crippen LogP contribution in [0.3, 0.4) is 0 Å². The van der Waals surface area contributed by atoms with E-state index in [1.807, 2.05) is 42.5 Å². The van der Waals surface area contributed by atoms with Gasteiger partial charge in [0.15, 0.2) is 0 Å². The highest BCUT2D eigenvalue weighted by Crippen LogP contribution is 2.23. The minimum absolute atomic E-state index is 0.174. The maximum absolute atomic E-state index is 13.2. The average molecular weight is 401 g/mol. The number of rotatable bonds is 6. The van der Waals surface area contributed by atoms with Crippen LogP contribution in [0.5, 0.6) is 5.75 Å². The van der Waals surface area contributed by atoms with Crippen LogP contribution in [0.25, 0.3) is 16.9 Å². The second-order valence-corrected chi connectivity index (χ2v) is 6.68.